The molecule has 0 saturated carbocycles. The van der Waals surface area contributed by atoms with E-state index in [1.165, 1.54) is 11.8 Å². The zero-order chi connectivity index (χ0) is 19.2. The predicted octanol–water partition coefficient (Wildman–Crippen LogP) is -10.3. The quantitative estimate of drug-likeness (QED) is 0.0402. The normalized spacial score (nSPS) is 11.4. The average molecular weight is 576 g/mol. The van der Waals surface area contributed by atoms with Gasteiger partial charge in [-0.1, -0.05) is 0 Å². The molecular formula is C10H20K3NO9S5. The van der Waals surface area contributed by atoms with Crippen LogP contribution in [0.5, 0.6) is 0 Å². The number of hydrogen-bond acceptors (Lipinski definition) is 13. The van der Waals surface area contributed by atoms with E-state index in [9.17, 15) is 31.2 Å². The van der Waals surface area contributed by atoms with Crippen LogP contribution in [0.1, 0.15) is 0 Å². The van der Waals surface area contributed by atoms with Crippen LogP contribution in [0, 0.1) is 0 Å². The van der Waals surface area contributed by atoms with Gasteiger partial charge in [-0.05, 0) is 0 Å². The Hall–Kier alpha value is 5.62. The Morgan fingerprint density at radius 2 is 1.21 bits per heavy atom. The summed E-state index contributed by atoms with van der Waals surface area (Å²) in [5, 5.41) is 12.8. The van der Waals surface area contributed by atoms with E-state index in [0.29, 0.717) is 36.1 Å². The second kappa shape index (κ2) is 25.7. The molecule has 28 heavy (non-hydrogen) atoms. The molecule has 0 aromatic carbocycles. The first-order chi connectivity index (χ1) is 11.6. The van der Waals surface area contributed by atoms with E-state index in [-0.39, 0.29) is 166 Å². The summed E-state index contributed by atoms with van der Waals surface area (Å²) in [4.78, 5) is 1.80. The van der Waals surface area contributed by atoms with Gasteiger partial charge in [0, 0.05) is 66.2 Å². The third kappa shape index (κ3) is 33.8. The summed E-state index contributed by atoms with van der Waals surface area (Å²) in [5.74, 6) is 1.66. The van der Waals surface area contributed by atoms with Crippen molar-refractivity contribution >= 4 is 55.8 Å². The molecule has 0 rings (SSSR count). The molecule has 152 valence electrons. The van der Waals surface area contributed by atoms with Gasteiger partial charge in [0.1, 0.15) is 0 Å². The number of hydrogen-bond donors (Lipinski definition) is 0. The molecule has 0 fully saturated rings. The first-order valence-corrected chi connectivity index (χ1v) is 13.3. The first kappa shape index (κ1) is 40.8. The van der Waals surface area contributed by atoms with Crippen molar-refractivity contribution in [1.29, 1.82) is 0 Å². The number of rotatable bonds is 17. The minimum Gasteiger partial charge on any atom is -0.748 e. The maximum Gasteiger partial charge on any atom is 1.00 e. The Morgan fingerprint density at radius 3 is 1.68 bits per heavy atom. The average Bonchev–Trinajstić information content (AvgIpc) is 2.48. The standard InChI is InChI=1S/C10H23NO9S5.3K/c12-19-20-23-7-6-21-4-1-11(3-9-24(13,14)15)2-5-22-8-10-25(16,17)18;;;/h12H,1-10H2,(H,13,14,15)(H,16,17,18);;;/q;3*+1/p-3. The molecule has 0 saturated heterocycles. The molecule has 0 N–H and O–H groups in total. The van der Waals surface area contributed by atoms with Crippen molar-refractivity contribution in [2.45, 2.75) is 0 Å². The molecule has 0 aliphatic rings. The van der Waals surface area contributed by atoms with Crippen molar-refractivity contribution in [3.63, 3.8) is 0 Å². The Morgan fingerprint density at radius 1 is 0.714 bits per heavy atom. The van der Waals surface area contributed by atoms with Crippen LogP contribution in [-0.2, 0) is 29.6 Å². The smallest absolute Gasteiger partial charge is 0.748 e. The third-order valence-electron chi connectivity index (χ3n) is 2.63. The molecule has 0 aliphatic heterocycles. The van der Waals surface area contributed by atoms with Crippen LogP contribution < -0.4 is 159 Å². The Bertz CT molecular complexity index is 541. The Balaban J connectivity index is -0.000000960. The fourth-order valence-electron chi connectivity index (χ4n) is 1.48. The molecule has 0 unspecified atom stereocenters. The van der Waals surface area contributed by atoms with E-state index in [1.807, 2.05) is 0 Å². The van der Waals surface area contributed by atoms with Gasteiger partial charge in [0.15, 0.2) is 0 Å². The van der Waals surface area contributed by atoms with Gasteiger partial charge in [-0.25, -0.2) is 16.8 Å². The van der Waals surface area contributed by atoms with E-state index in [0.717, 1.165) is 12.0 Å². The van der Waals surface area contributed by atoms with E-state index in [1.54, 1.807) is 16.7 Å². The summed E-state index contributed by atoms with van der Waals surface area (Å²) in [6.45, 7) is 1.11. The monoisotopic (exact) mass is 575 g/mol. The largest absolute Gasteiger partial charge is 1.00 e. The van der Waals surface area contributed by atoms with Crippen LogP contribution in [0.3, 0.4) is 0 Å². The fraction of sp³-hybridized carbons (Fsp3) is 1.00. The van der Waals surface area contributed by atoms with Crippen molar-refractivity contribution < 1.29 is 195 Å². The van der Waals surface area contributed by atoms with E-state index in [2.05, 4.69) is 9.37 Å². The van der Waals surface area contributed by atoms with Crippen LogP contribution >= 0.6 is 35.6 Å². The predicted molar refractivity (Wildman–Crippen MR) is 94.8 cm³/mol. The van der Waals surface area contributed by atoms with Crippen LogP contribution in [0.25, 0.3) is 0 Å². The zero-order valence-corrected chi connectivity index (χ0v) is 29.7. The van der Waals surface area contributed by atoms with Gasteiger partial charge < -0.3 is 19.3 Å². The van der Waals surface area contributed by atoms with Crippen LogP contribution in [-0.4, -0.2) is 90.7 Å². The first-order valence-electron chi connectivity index (χ1n) is 6.97. The Kier molecular flexibility index (Phi) is 37.4. The summed E-state index contributed by atoms with van der Waals surface area (Å²) in [6.07, 6.45) is 0. The molecule has 0 spiro atoms. The fourth-order valence-corrected chi connectivity index (χ4v) is 5.28. The minimum absolute atomic E-state index is 0. The third-order valence-corrected chi connectivity index (χ3v) is 6.98. The SMILES string of the molecule is O=S(=O)([O-])CCSCCN(CCSCCSOO[O-])CCS(=O)(=O)[O-].[K+].[K+].[K+]. The molecule has 0 heterocycles. The van der Waals surface area contributed by atoms with E-state index >= 15 is 0 Å². The minimum atomic E-state index is -4.31. The van der Waals surface area contributed by atoms with Gasteiger partial charge in [0.25, 0.3) is 0 Å². The van der Waals surface area contributed by atoms with E-state index in [4.69, 9.17) is 0 Å². The van der Waals surface area contributed by atoms with Gasteiger partial charge in [0.2, 0.25) is 0 Å². The van der Waals surface area contributed by atoms with Gasteiger partial charge >= 0.3 is 154 Å². The van der Waals surface area contributed by atoms with Crippen LogP contribution in [0.4, 0.5) is 0 Å². The maximum absolute atomic E-state index is 10.8. The second-order valence-electron chi connectivity index (χ2n) is 4.55. The van der Waals surface area contributed by atoms with Crippen molar-refractivity contribution in [3.8, 4) is 0 Å². The Labute approximate surface area is 307 Å². The second-order valence-corrected chi connectivity index (χ2v) is 10.8. The molecule has 0 aliphatic carbocycles. The summed E-state index contributed by atoms with van der Waals surface area (Å²) < 4.78 is 67.8. The van der Waals surface area contributed by atoms with Crippen LogP contribution in [0.2, 0.25) is 0 Å². The summed E-state index contributed by atoms with van der Waals surface area (Å²) in [7, 11) is -8.54. The molecule has 10 nitrogen and oxygen atoms in total. The van der Waals surface area contributed by atoms with Crippen molar-refractivity contribution in [2.75, 3.05) is 59.9 Å². The molecule has 0 aromatic rings. The van der Waals surface area contributed by atoms with Gasteiger partial charge in [-0.2, -0.15) is 27.9 Å². The summed E-state index contributed by atoms with van der Waals surface area (Å²) >= 11 is 3.71. The van der Waals surface area contributed by atoms with Gasteiger partial charge in [0.05, 0.1) is 26.0 Å². The summed E-state index contributed by atoms with van der Waals surface area (Å²) in [6, 6.07) is 0. The summed E-state index contributed by atoms with van der Waals surface area (Å²) in [5.41, 5.74) is 0. The van der Waals surface area contributed by atoms with Gasteiger partial charge in [-0.3, -0.25) is 5.04 Å². The van der Waals surface area contributed by atoms with Crippen LogP contribution in [0.15, 0.2) is 0 Å². The van der Waals surface area contributed by atoms with Crippen molar-refractivity contribution in [2.24, 2.45) is 0 Å². The molecule has 0 bridgehead atoms. The van der Waals surface area contributed by atoms with Crippen molar-refractivity contribution in [3.05, 3.63) is 0 Å². The number of thioether (sulfide) groups is 2. The maximum atomic E-state index is 10.8. The topological polar surface area (TPSA) is 159 Å². The number of nitrogens with zero attached hydrogens (tertiary/aromatic N) is 1. The van der Waals surface area contributed by atoms with Crippen molar-refractivity contribution in [1.82, 2.24) is 4.90 Å². The molecule has 0 aromatic heterocycles. The molecular weight excluding hydrogens is 556 g/mol. The molecule has 0 amide bonds. The van der Waals surface area contributed by atoms with Gasteiger partial charge in [-0.15, -0.1) is 0 Å². The molecule has 0 radical (unpaired) electrons. The zero-order valence-electron chi connectivity index (χ0n) is 16.2. The van der Waals surface area contributed by atoms with E-state index < -0.39 is 31.7 Å². The molecule has 0 atom stereocenters. The molecule has 18 heteroatoms.